The Balaban J connectivity index is 1.69. The van der Waals surface area contributed by atoms with Gasteiger partial charge in [0.15, 0.2) is 6.61 Å². The van der Waals surface area contributed by atoms with Gasteiger partial charge in [-0.1, -0.05) is 0 Å². The van der Waals surface area contributed by atoms with Crippen LogP contribution in [0.5, 0.6) is 17.2 Å². The standard InChI is InChI=1S/C19H19BrFNO4/c1-3-24-18-7-12-6-11(2)26-17(12)9-15(18)22-19(23)10-25-16-5-4-13(21)8-14(16)20/h4-5,7-9,11H,3,6,10H2,1-2H3,(H,22,23)/t11-/m1/s1. The monoisotopic (exact) mass is 423 g/mol. The number of hydrogen-bond acceptors (Lipinski definition) is 4. The lowest BCUT2D eigenvalue weighted by Gasteiger charge is -2.14. The van der Waals surface area contributed by atoms with E-state index in [9.17, 15) is 9.18 Å². The summed E-state index contributed by atoms with van der Waals surface area (Å²) in [6.45, 7) is 4.14. The molecule has 1 heterocycles. The summed E-state index contributed by atoms with van der Waals surface area (Å²) < 4.78 is 30.4. The molecule has 2 aromatic carbocycles. The maximum absolute atomic E-state index is 13.1. The summed E-state index contributed by atoms with van der Waals surface area (Å²) in [7, 11) is 0. The van der Waals surface area contributed by atoms with E-state index >= 15 is 0 Å². The number of rotatable bonds is 6. The average molecular weight is 424 g/mol. The van der Waals surface area contributed by atoms with Gasteiger partial charge in [0.25, 0.3) is 5.91 Å². The molecule has 0 saturated carbocycles. The first-order valence-electron chi connectivity index (χ1n) is 8.30. The zero-order chi connectivity index (χ0) is 18.7. The number of nitrogens with one attached hydrogen (secondary N) is 1. The Labute approximate surface area is 159 Å². The quantitative estimate of drug-likeness (QED) is 0.750. The number of carbonyl (C=O) groups is 1. The van der Waals surface area contributed by atoms with E-state index in [2.05, 4.69) is 21.2 Å². The maximum atomic E-state index is 13.1. The third-order valence-corrected chi connectivity index (χ3v) is 4.44. The van der Waals surface area contributed by atoms with Gasteiger partial charge in [-0.25, -0.2) is 4.39 Å². The van der Waals surface area contributed by atoms with Crippen molar-refractivity contribution in [1.29, 1.82) is 0 Å². The van der Waals surface area contributed by atoms with Crippen LogP contribution in [0.4, 0.5) is 10.1 Å². The number of ether oxygens (including phenoxy) is 3. The smallest absolute Gasteiger partial charge is 0.262 e. The average Bonchev–Trinajstić information content (AvgIpc) is 2.93. The van der Waals surface area contributed by atoms with Crippen LogP contribution in [0, 0.1) is 5.82 Å². The molecule has 0 radical (unpaired) electrons. The summed E-state index contributed by atoms with van der Waals surface area (Å²) in [6, 6.07) is 7.68. The first-order chi connectivity index (χ1) is 12.5. The normalized spacial score (nSPS) is 15.2. The molecule has 2 aromatic rings. The second-order valence-corrected chi connectivity index (χ2v) is 6.79. The Bertz CT molecular complexity index is 827. The third-order valence-electron chi connectivity index (χ3n) is 3.82. The number of fused-ring (bicyclic) bond motifs is 1. The molecular formula is C19H19BrFNO4. The highest BCUT2D eigenvalue weighted by molar-refractivity contribution is 9.10. The molecule has 0 bridgehead atoms. The van der Waals surface area contributed by atoms with Gasteiger partial charge in [0.05, 0.1) is 16.8 Å². The van der Waals surface area contributed by atoms with E-state index in [1.807, 2.05) is 19.9 Å². The van der Waals surface area contributed by atoms with Crippen LogP contribution >= 0.6 is 15.9 Å². The van der Waals surface area contributed by atoms with E-state index in [0.29, 0.717) is 28.3 Å². The van der Waals surface area contributed by atoms with Crippen molar-refractivity contribution in [3.63, 3.8) is 0 Å². The number of carbonyl (C=O) groups excluding carboxylic acids is 1. The fourth-order valence-corrected chi connectivity index (χ4v) is 3.20. The lowest BCUT2D eigenvalue weighted by atomic mass is 10.1. The van der Waals surface area contributed by atoms with Crippen molar-refractivity contribution >= 4 is 27.5 Å². The van der Waals surface area contributed by atoms with Gasteiger partial charge in [-0.3, -0.25) is 4.79 Å². The van der Waals surface area contributed by atoms with Crippen LogP contribution in [0.15, 0.2) is 34.8 Å². The minimum absolute atomic E-state index is 0.101. The predicted molar refractivity (Wildman–Crippen MR) is 99.6 cm³/mol. The molecule has 138 valence electrons. The maximum Gasteiger partial charge on any atom is 0.262 e. The van der Waals surface area contributed by atoms with Crippen molar-refractivity contribution in [3.05, 3.63) is 46.2 Å². The van der Waals surface area contributed by atoms with Crippen molar-refractivity contribution in [1.82, 2.24) is 0 Å². The van der Waals surface area contributed by atoms with Crippen LogP contribution in [-0.4, -0.2) is 25.2 Å². The molecule has 0 aliphatic carbocycles. The Morgan fingerprint density at radius 2 is 2.12 bits per heavy atom. The van der Waals surface area contributed by atoms with Crippen LogP contribution in [0.3, 0.4) is 0 Å². The molecule has 0 unspecified atom stereocenters. The van der Waals surface area contributed by atoms with Crippen LogP contribution in [-0.2, 0) is 11.2 Å². The van der Waals surface area contributed by atoms with E-state index in [1.54, 1.807) is 6.07 Å². The zero-order valence-corrected chi connectivity index (χ0v) is 16.1. The molecule has 26 heavy (non-hydrogen) atoms. The number of hydrogen-bond donors (Lipinski definition) is 1. The summed E-state index contributed by atoms with van der Waals surface area (Å²) >= 11 is 3.20. The molecule has 5 nitrogen and oxygen atoms in total. The SMILES string of the molecule is CCOc1cc2c(cc1NC(=O)COc1ccc(F)cc1Br)O[C@H](C)C2. The van der Waals surface area contributed by atoms with Crippen LogP contribution in [0.25, 0.3) is 0 Å². The zero-order valence-electron chi connectivity index (χ0n) is 14.5. The third kappa shape index (κ3) is 4.27. The van der Waals surface area contributed by atoms with Crippen LogP contribution < -0.4 is 19.5 Å². The van der Waals surface area contributed by atoms with Crippen LogP contribution in [0.2, 0.25) is 0 Å². The van der Waals surface area contributed by atoms with E-state index in [-0.39, 0.29) is 24.4 Å². The molecule has 1 N–H and O–H groups in total. The molecule has 3 rings (SSSR count). The molecule has 1 aliphatic rings. The van der Waals surface area contributed by atoms with Gasteiger partial charge in [0.1, 0.15) is 29.2 Å². The highest BCUT2D eigenvalue weighted by Gasteiger charge is 2.22. The Hall–Kier alpha value is -2.28. The van der Waals surface area contributed by atoms with Crippen molar-refractivity contribution in [3.8, 4) is 17.2 Å². The summed E-state index contributed by atoms with van der Waals surface area (Å²) in [5, 5.41) is 2.78. The Morgan fingerprint density at radius 3 is 2.85 bits per heavy atom. The second-order valence-electron chi connectivity index (χ2n) is 5.93. The lowest BCUT2D eigenvalue weighted by molar-refractivity contribution is -0.118. The Morgan fingerprint density at radius 1 is 1.31 bits per heavy atom. The molecule has 1 amide bonds. The van der Waals surface area contributed by atoms with Crippen molar-refractivity contribution in [2.24, 2.45) is 0 Å². The minimum atomic E-state index is -0.387. The lowest BCUT2D eigenvalue weighted by Crippen LogP contribution is -2.20. The Kier molecular flexibility index (Phi) is 5.66. The van der Waals surface area contributed by atoms with E-state index in [4.69, 9.17) is 14.2 Å². The summed E-state index contributed by atoms with van der Waals surface area (Å²) in [5.41, 5.74) is 1.59. The number of benzene rings is 2. The van der Waals surface area contributed by atoms with E-state index < -0.39 is 0 Å². The number of halogens is 2. The molecule has 0 aromatic heterocycles. The highest BCUT2D eigenvalue weighted by atomic mass is 79.9. The van der Waals surface area contributed by atoms with Gasteiger partial charge in [-0.15, -0.1) is 0 Å². The molecule has 7 heteroatoms. The second kappa shape index (κ2) is 7.95. The topological polar surface area (TPSA) is 56.8 Å². The van der Waals surface area contributed by atoms with Gasteiger partial charge < -0.3 is 19.5 Å². The molecular weight excluding hydrogens is 405 g/mol. The number of amides is 1. The molecule has 0 saturated heterocycles. The fraction of sp³-hybridized carbons (Fsp3) is 0.316. The van der Waals surface area contributed by atoms with E-state index in [0.717, 1.165) is 17.7 Å². The fourth-order valence-electron chi connectivity index (χ4n) is 2.73. The summed E-state index contributed by atoms with van der Waals surface area (Å²) in [6.07, 6.45) is 0.912. The van der Waals surface area contributed by atoms with Crippen molar-refractivity contribution < 1.29 is 23.4 Å². The first kappa shape index (κ1) is 18.5. The van der Waals surface area contributed by atoms with Gasteiger partial charge in [0, 0.05) is 18.1 Å². The van der Waals surface area contributed by atoms with Crippen molar-refractivity contribution in [2.45, 2.75) is 26.4 Å². The van der Waals surface area contributed by atoms with Gasteiger partial charge in [-0.05, 0) is 54.0 Å². The van der Waals surface area contributed by atoms with Gasteiger partial charge in [-0.2, -0.15) is 0 Å². The molecule has 0 fully saturated rings. The first-order valence-corrected chi connectivity index (χ1v) is 9.09. The summed E-state index contributed by atoms with van der Waals surface area (Å²) in [5.74, 6) is 0.993. The summed E-state index contributed by atoms with van der Waals surface area (Å²) in [4.78, 5) is 12.3. The molecule has 0 spiro atoms. The van der Waals surface area contributed by atoms with E-state index in [1.165, 1.54) is 18.2 Å². The molecule has 1 aliphatic heterocycles. The van der Waals surface area contributed by atoms with Gasteiger partial charge in [0.2, 0.25) is 0 Å². The number of anilines is 1. The van der Waals surface area contributed by atoms with Gasteiger partial charge >= 0.3 is 0 Å². The predicted octanol–water partition coefficient (Wildman–Crippen LogP) is 4.33. The molecule has 1 atom stereocenters. The van der Waals surface area contributed by atoms with Crippen LogP contribution in [0.1, 0.15) is 19.4 Å². The minimum Gasteiger partial charge on any atom is -0.492 e. The highest BCUT2D eigenvalue weighted by Crippen LogP contribution is 2.38. The van der Waals surface area contributed by atoms with Crippen molar-refractivity contribution in [2.75, 3.05) is 18.5 Å². The largest absolute Gasteiger partial charge is 0.492 e.